The highest BCUT2D eigenvalue weighted by Gasteiger charge is 2.19. The predicted molar refractivity (Wildman–Crippen MR) is 83.8 cm³/mol. The summed E-state index contributed by atoms with van der Waals surface area (Å²) in [6.45, 7) is 2.33. The molecule has 0 aromatic carbocycles. The van der Waals surface area contributed by atoms with Gasteiger partial charge in [-0.2, -0.15) is 0 Å². The van der Waals surface area contributed by atoms with Crippen LogP contribution < -0.4 is 10.9 Å². The molecule has 0 spiro atoms. The second kappa shape index (κ2) is 5.85. The second-order valence-electron chi connectivity index (χ2n) is 5.20. The Kier molecular flexibility index (Phi) is 3.92. The maximum atomic E-state index is 12.1. The fourth-order valence-electron chi connectivity index (χ4n) is 2.57. The molecular weight excluding hydrogens is 288 g/mol. The Hall–Kier alpha value is -1.89. The van der Waals surface area contributed by atoms with Crippen molar-refractivity contribution in [3.8, 4) is 0 Å². The van der Waals surface area contributed by atoms with Gasteiger partial charge in [0.25, 0.3) is 5.56 Å². The third kappa shape index (κ3) is 2.78. The minimum absolute atomic E-state index is 0.0292. The number of rotatable bonds is 5. The number of nitrogens with zero attached hydrogens (tertiary/aromatic N) is 3. The van der Waals surface area contributed by atoms with Crippen molar-refractivity contribution >= 4 is 33.4 Å². The number of carbonyl (C=O) groups excluding carboxylic acids is 1. The highest BCUT2D eigenvalue weighted by Crippen LogP contribution is 2.16. The molecule has 0 atom stereocenters. The van der Waals surface area contributed by atoms with Gasteiger partial charge in [-0.3, -0.25) is 14.2 Å². The zero-order chi connectivity index (χ0) is 14.8. The van der Waals surface area contributed by atoms with Crippen molar-refractivity contribution in [2.75, 3.05) is 25.0 Å². The molecule has 0 aliphatic carbocycles. The lowest BCUT2D eigenvalue weighted by atomic mass is 10.4. The minimum atomic E-state index is -0.0292. The molecule has 1 aliphatic rings. The van der Waals surface area contributed by atoms with Crippen LogP contribution in [-0.4, -0.2) is 40.0 Å². The van der Waals surface area contributed by atoms with E-state index < -0.39 is 0 Å². The van der Waals surface area contributed by atoms with Gasteiger partial charge in [0.15, 0.2) is 0 Å². The number of fused-ring (bicyclic) bond motifs is 1. The Morgan fingerprint density at radius 2 is 2.29 bits per heavy atom. The second-order valence-corrected chi connectivity index (χ2v) is 6.10. The molecule has 0 saturated carbocycles. The number of nitrogens with one attached hydrogen (secondary N) is 1. The number of hydrogen-bond donors (Lipinski definition) is 1. The van der Waals surface area contributed by atoms with Gasteiger partial charge in [0.05, 0.1) is 5.39 Å². The summed E-state index contributed by atoms with van der Waals surface area (Å²) in [6, 6.07) is 1.80. The number of aromatic nitrogens is 2. The zero-order valence-corrected chi connectivity index (χ0v) is 12.8. The van der Waals surface area contributed by atoms with E-state index in [1.165, 1.54) is 15.9 Å². The normalized spacial score (nSPS) is 15.1. The van der Waals surface area contributed by atoms with E-state index in [0.717, 1.165) is 30.8 Å². The van der Waals surface area contributed by atoms with E-state index in [-0.39, 0.29) is 11.5 Å². The molecule has 7 heteroatoms. The van der Waals surface area contributed by atoms with E-state index in [1.807, 2.05) is 10.3 Å². The van der Waals surface area contributed by atoms with Crippen molar-refractivity contribution in [1.29, 1.82) is 0 Å². The summed E-state index contributed by atoms with van der Waals surface area (Å²) >= 11 is 1.47. The highest BCUT2D eigenvalue weighted by molar-refractivity contribution is 7.16. The first kappa shape index (κ1) is 14.1. The standard InChI is InChI=1S/C14H18N4O2S/c1-17-13(20)10-5-9-21-12(10)16-14(17)15-6-3-8-18-7-2-4-11(18)19/h5,9H,2-4,6-8H2,1H3,(H,15,16). The van der Waals surface area contributed by atoms with Crippen molar-refractivity contribution < 1.29 is 4.79 Å². The van der Waals surface area contributed by atoms with Gasteiger partial charge < -0.3 is 10.2 Å². The zero-order valence-electron chi connectivity index (χ0n) is 12.0. The predicted octanol–water partition coefficient (Wildman–Crippen LogP) is 1.42. The van der Waals surface area contributed by atoms with Crippen molar-refractivity contribution in [1.82, 2.24) is 14.5 Å². The molecule has 1 aliphatic heterocycles. The monoisotopic (exact) mass is 306 g/mol. The van der Waals surface area contributed by atoms with Gasteiger partial charge in [-0.25, -0.2) is 4.98 Å². The number of anilines is 1. The smallest absolute Gasteiger partial charge is 0.263 e. The van der Waals surface area contributed by atoms with Crippen molar-refractivity contribution in [3.05, 3.63) is 21.8 Å². The first-order chi connectivity index (χ1) is 10.2. The van der Waals surface area contributed by atoms with Crippen LogP contribution in [0, 0.1) is 0 Å². The number of thiophene rings is 1. The maximum Gasteiger partial charge on any atom is 0.263 e. The molecule has 1 amide bonds. The van der Waals surface area contributed by atoms with E-state index in [1.54, 1.807) is 13.1 Å². The van der Waals surface area contributed by atoms with Crippen LogP contribution in [0.3, 0.4) is 0 Å². The van der Waals surface area contributed by atoms with Crippen LogP contribution in [0.25, 0.3) is 10.2 Å². The van der Waals surface area contributed by atoms with E-state index in [4.69, 9.17) is 0 Å². The molecule has 3 heterocycles. The lowest BCUT2D eigenvalue weighted by Gasteiger charge is -2.16. The van der Waals surface area contributed by atoms with E-state index >= 15 is 0 Å². The first-order valence-corrected chi connectivity index (χ1v) is 8.00. The highest BCUT2D eigenvalue weighted by atomic mass is 32.1. The van der Waals surface area contributed by atoms with Crippen LogP contribution in [-0.2, 0) is 11.8 Å². The molecule has 21 heavy (non-hydrogen) atoms. The van der Waals surface area contributed by atoms with Crippen molar-refractivity contribution in [2.45, 2.75) is 19.3 Å². The fourth-order valence-corrected chi connectivity index (χ4v) is 3.32. The van der Waals surface area contributed by atoms with Crippen molar-refractivity contribution in [2.24, 2.45) is 7.05 Å². The lowest BCUT2D eigenvalue weighted by Crippen LogP contribution is -2.28. The summed E-state index contributed by atoms with van der Waals surface area (Å²) in [6.07, 6.45) is 2.50. The van der Waals surface area contributed by atoms with Crippen molar-refractivity contribution in [3.63, 3.8) is 0 Å². The molecule has 1 saturated heterocycles. The Morgan fingerprint density at radius 3 is 3.05 bits per heavy atom. The molecule has 0 unspecified atom stereocenters. The van der Waals surface area contributed by atoms with Gasteiger partial charge in [-0.15, -0.1) is 11.3 Å². The van der Waals surface area contributed by atoms with Gasteiger partial charge >= 0.3 is 0 Å². The van der Waals surface area contributed by atoms with Gasteiger partial charge in [-0.1, -0.05) is 0 Å². The molecule has 2 aromatic rings. The fraction of sp³-hybridized carbons (Fsp3) is 0.500. The van der Waals surface area contributed by atoms with Crippen LogP contribution >= 0.6 is 11.3 Å². The largest absolute Gasteiger partial charge is 0.355 e. The van der Waals surface area contributed by atoms with E-state index in [0.29, 0.717) is 24.3 Å². The third-order valence-corrected chi connectivity index (χ3v) is 4.57. The average molecular weight is 306 g/mol. The molecule has 1 N–H and O–H groups in total. The average Bonchev–Trinajstić information content (AvgIpc) is 3.09. The lowest BCUT2D eigenvalue weighted by molar-refractivity contribution is -0.127. The van der Waals surface area contributed by atoms with E-state index in [2.05, 4.69) is 10.3 Å². The van der Waals surface area contributed by atoms with Crippen LogP contribution in [0.2, 0.25) is 0 Å². The molecule has 0 radical (unpaired) electrons. The molecule has 6 nitrogen and oxygen atoms in total. The number of hydrogen-bond acceptors (Lipinski definition) is 5. The Balaban J connectivity index is 1.61. The first-order valence-electron chi connectivity index (χ1n) is 7.12. The summed E-state index contributed by atoms with van der Waals surface area (Å²) in [5, 5.41) is 5.73. The molecule has 112 valence electrons. The Labute approximate surface area is 126 Å². The molecule has 2 aromatic heterocycles. The summed E-state index contributed by atoms with van der Waals surface area (Å²) < 4.78 is 1.54. The molecule has 1 fully saturated rings. The van der Waals surface area contributed by atoms with Gasteiger partial charge in [0.1, 0.15) is 4.83 Å². The van der Waals surface area contributed by atoms with Gasteiger partial charge in [0.2, 0.25) is 11.9 Å². The maximum absolute atomic E-state index is 12.1. The van der Waals surface area contributed by atoms with E-state index in [9.17, 15) is 9.59 Å². The molecule has 3 rings (SSSR count). The topological polar surface area (TPSA) is 67.2 Å². The van der Waals surface area contributed by atoms with Crippen LogP contribution in [0.5, 0.6) is 0 Å². The van der Waals surface area contributed by atoms with Gasteiger partial charge in [-0.05, 0) is 24.3 Å². The summed E-state index contributed by atoms with van der Waals surface area (Å²) in [5.41, 5.74) is -0.0292. The SMILES string of the molecule is Cn1c(NCCCN2CCCC2=O)nc2sccc2c1=O. The number of likely N-dealkylation sites (tertiary alicyclic amines) is 1. The van der Waals surface area contributed by atoms with Crippen LogP contribution in [0.15, 0.2) is 16.2 Å². The molecular formula is C14H18N4O2S. The minimum Gasteiger partial charge on any atom is -0.355 e. The summed E-state index contributed by atoms with van der Waals surface area (Å²) in [7, 11) is 1.72. The summed E-state index contributed by atoms with van der Waals surface area (Å²) in [5.74, 6) is 0.836. The van der Waals surface area contributed by atoms with Gasteiger partial charge in [0, 0.05) is 33.1 Å². The Bertz CT molecular complexity index is 721. The third-order valence-electron chi connectivity index (χ3n) is 3.76. The molecule has 0 bridgehead atoms. The van der Waals surface area contributed by atoms with Crippen LogP contribution in [0.4, 0.5) is 5.95 Å². The summed E-state index contributed by atoms with van der Waals surface area (Å²) in [4.78, 5) is 30.8. The quantitative estimate of drug-likeness (QED) is 0.848. The van der Waals surface area contributed by atoms with Crippen LogP contribution in [0.1, 0.15) is 19.3 Å². The number of carbonyl (C=O) groups is 1. The number of amides is 1. The Morgan fingerprint density at radius 1 is 1.43 bits per heavy atom.